The quantitative estimate of drug-likeness (QED) is 0.289. The molecular weight excluding hydrogens is 480 g/mol. The van der Waals surface area contributed by atoms with Gasteiger partial charge in [0.25, 0.3) is 5.79 Å². The van der Waals surface area contributed by atoms with Crippen LogP contribution in [0.2, 0.25) is 0 Å². The van der Waals surface area contributed by atoms with E-state index < -0.39 is 29.1 Å². The third-order valence-corrected chi connectivity index (χ3v) is 9.57. The summed E-state index contributed by atoms with van der Waals surface area (Å²) in [4.78, 5) is 26.9. The Morgan fingerprint density at radius 2 is 1.33 bits per heavy atom. The number of cyclic esters (lactones) is 2. The highest BCUT2D eigenvalue weighted by atomic mass is 79.9. The molecule has 0 amide bonds. The number of carbonyl (C=O) groups excluding carboxylic acids is 2. The number of esters is 2. The van der Waals surface area contributed by atoms with Crippen molar-refractivity contribution in [3.8, 4) is 11.1 Å². The van der Waals surface area contributed by atoms with Crippen LogP contribution in [0, 0.1) is 23.7 Å². The number of hydrogen-bond acceptors (Lipinski definition) is 4. The van der Waals surface area contributed by atoms with Crippen molar-refractivity contribution < 1.29 is 19.1 Å². The highest BCUT2D eigenvalue weighted by molar-refractivity contribution is 9.10. The third-order valence-electron chi connectivity index (χ3n) is 8.60. The predicted octanol–water partition coefficient (Wildman–Crippen LogP) is 6.02. The summed E-state index contributed by atoms with van der Waals surface area (Å²) in [5.74, 6) is -1.89. The Balaban J connectivity index is 1.49. The van der Waals surface area contributed by atoms with Gasteiger partial charge in [0.1, 0.15) is 0 Å². The highest BCUT2D eigenvalue weighted by Crippen LogP contribution is 2.69. The zero-order valence-corrected chi connectivity index (χ0v) is 20.6. The van der Waals surface area contributed by atoms with Crippen LogP contribution < -0.4 is 0 Å². The van der Waals surface area contributed by atoms with Gasteiger partial charge in [-0.3, -0.25) is 9.59 Å². The molecule has 1 aliphatic heterocycles. The van der Waals surface area contributed by atoms with Crippen LogP contribution in [0.4, 0.5) is 0 Å². The van der Waals surface area contributed by atoms with E-state index >= 15 is 0 Å². The van der Waals surface area contributed by atoms with Crippen molar-refractivity contribution >= 4 is 27.9 Å². The van der Waals surface area contributed by atoms with E-state index in [1.54, 1.807) is 13.8 Å². The minimum absolute atomic E-state index is 0.124. The molecule has 4 bridgehead atoms. The molecule has 0 radical (unpaired) electrons. The molecule has 5 heteroatoms. The minimum atomic E-state index is -1.22. The molecule has 2 aromatic rings. The Morgan fingerprint density at radius 1 is 0.788 bits per heavy atom. The van der Waals surface area contributed by atoms with Crippen molar-refractivity contribution in [3.63, 3.8) is 0 Å². The zero-order chi connectivity index (χ0) is 23.0. The summed E-state index contributed by atoms with van der Waals surface area (Å²) in [7, 11) is 0. The molecule has 7 rings (SSSR count). The largest absolute Gasteiger partial charge is 0.422 e. The Bertz CT molecular complexity index is 1070. The van der Waals surface area contributed by atoms with Crippen molar-refractivity contribution in [3.05, 3.63) is 60.2 Å². The van der Waals surface area contributed by atoms with E-state index in [0.717, 1.165) is 42.4 Å². The molecule has 4 aliphatic carbocycles. The Hall–Kier alpha value is -2.14. The Morgan fingerprint density at radius 3 is 1.88 bits per heavy atom. The summed E-state index contributed by atoms with van der Waals surface area (Å²) in [5.41, 5.74) is 2.77. The van der Waals surface area contributed by atoms with Gasteiger partial charge in [-0.05, 0) is 66.5 Å². The smallest absolute Gasteiger partial charge is 0.324 e. The minimum Gasteiger partial charge on any atom is -0.422 e. The first-order valence-corrected chi connectivity index (χ1v) is 12.8. The average molecular weight is 509 g/mol. The maximum absolute atomic E-state index is 13.5. The molecule has 0 spiro atoms. The second-order valence-electron chi connectivity index (χ2n) is 11.0. The fourth-order valence-electron chi connectivity index (χ4n) is 7.75. The predicted molar refractivity (Wildman–Crippen MR) is 129 cm³/mol. The Labute approximate surface area is 203 Å². The zero-order valence-electron chi connectivity index (χ0n) is 19.1. The van der Waals surface area contributed by atoms with Crippen LogP contribution in [0.3, 0.4) is 0 Å². The van der Waals surface area contributed by atoms with Gasteiger partial charge in [-0.15, -0.1) is 0 Å². The fraction of sp³-hybridized carbons (Fsp3) is 0.500. The maximum Gasteiger partial charge on any atom is 0.324 e. The van der Waals surface area contributed by atoms with Crippen molar-refractivity contribution in [2.75, 3.05) is 0 Å². The van der Waals surface area contributed by atoms with E-state index in [-0.39, 0.29) is 16.2 Å². The van der Waals surface area contributed by atoms with Crippen molar-refractivity contribution in [1.82, 2.24) is 0 Å². The van der Waals surface area contributed by atoms with Gasteiger partial charge in [0.15, 0.2) is 5.92 Å². The van der Waals surface area contributed by atoms with E-state index in [4.69, 9.17) is 9.47 Å². The van der Waals surface area contributed by atoms with Gasteiger partial charge in [-0.25, -0.2) is 0 Å². The molecule has 2 aromatic carbocycles. The van der Waals surface area contributed by atoms with Crippen LogP contribution >= 0.6 is 15.9 Å². The first kappa shape index (κ1) is 21.4. The van der Waals surface area contributed by atoms with Gasteiger partial charge >= 0.3 is 11.9 Å². The number of hydrogen-bond donors (Lipinski definition) is 0. The van der Waals surface area contributed by atoms with Crippen LogP contribution in [0.25, 0.3) is 11.1 Å². The van der Waals surface area contributed by atoms with Crippen LogP contribution in [-0.4, -0.2) is 22.0 Å². The molecule has 0 N–H and O–H groups in total. The maximum atomic E-state index is 13.5. The number of halogens is 1. The van der Waals surface area contributed by atoms with E-state index in [2.05, 4.69) is 52.3 Å². The lowest BCUT2D eigenvalue weighted by Gasteiger charge is -2.65. The molecule has 0 aromatic heterocycles. The van der Waals surface area contributed by atoms with Crippen molar-refractivity contribution in [2.24, 2.45) is 23.7 Å². The van der Waals surface area contributed by atoms with Gasteiger partial charge in [-0.1, -0.05) is 70.5 Å². The summed E-state index contributed by atoms with van der Waals surface area (Å²) in [6.45, 7) is 3.26. The number of carbonyl (C=O) groups is 2. The molecule has 33 heavy (non-hydrogen) atoms. The van der Waals surface area contributed by atoms with Gasteiger partial charge < -0.3 is 9.47 Å². The van der Waals surface area contributed by atoms with E-state index in [9.17, 15) is 9.59 Å². The first-order valence-electron chi connectivity index (χ1n) is 12.0. The number of ether oxygens (including phenoxy) is 2. The van der Waals surface area contributed by atoms with E-state index in [1.165, 1.54) is 6.42 Å². The number of alkyl halides is 1. The molecule has 4 nitrogen and oxygen atoms in total. The normalized spacial score (nSPS) is 37.0. The van der Waals surface area contributed by atoms with Gasteiger partial charge in [0.05, 0.1) is 0 Å². The highest BCUT2D eigenvalue weighted by Gasteiger charge is 2.69. The van der Waals surface area contributed by atoms with Crippen LogP contribution in [0.15, 0.2) is 54.6 Å². The standard InChI is InChI=1S/C28H29BrO4/c1-26(2)32-24(30)23(25(31)33-26)28(21-12-17-13-22(28)16-27(29,14-17)15-21)20-10-8-19(9-11-20)18-6-4-3-5-7-18/h3-11,17,21-23H,12-16H2,1-2H3/t17?,21-,22+,27?,28?. The summed E-state index contributed by atoms with van der Waals surface area (Å²) in [6, 6.07) is 18.8. The lowest BCUT2D eigenvalue weighted by atomic mass is 9.40. The molecule has 4 saturated carbocycles. The monoisotopic (exact) mass is 508 g/mol. The molecule has 1 saturated heterocycles. The fourth-order valence-corrected chi connectivity index (χ4v) is 8.99. The summed E-state index contributed by atoms with van der Waals surface area (Å²) in [6.07, 6.45) is 5.23. The topological polar surface area (TPSA) is 52.6 Å². The summed E-state index contributed by atoms with van der Waals surface area (Å²) < 4.78 is 11.5. The molecule has 5 aliphatic rings. The van der Waals surface area contributed by atoms with Crippen molar-refractivity contribution in [1.29, 1.82) is 0 Å². The summed E-state index contributed by atoms with van der Waals surface area (Å²) in [5, 5.41) is 0. The number of rotatable bonds is 3. The van der Waals surface area contributed by atoms with E-state index in [1.807, 2.05) is 18.2 Å². The first-order chi connectivity index (χ1) is 15.7. The third kappa shape index (κ3) is 3.22. The van der Waals surface area contributed by atoms with Gasteiger partial charge in [-0.2, -0.15) is 0 Å². The molecule has 172 valence electrons. The lowest BCUT2D eigenvalue weighted by molar-refractivity contribution is -0.250. The number of benzene rings is 2. The second kappa shape index (κ2) is 7.18. The SMILES string of the molecule is CC1(C)OC(=O)C(C2(c3ccc(-c4ccccc4)cc3)[C@@H]3CC4C[C@H]2CC(Br)(C4)C3)C(=O)O1. The van der Waals surface area contributed by atoms with Crippen molar-refractivity contribution in [2.45, 2.75) is 61.5 Å². The molecule has 3 unspecified atom stereocenters. The summed E-state index contributed by atoms with van der Waals surface area (Å²) >= 11 is 4.06. The second-order valence-corrected chi connectivity index (χ2v) is 12.7. The Kier molecular flexibility index (Phi) is 4.65. The van der Waals surface area contributed by atoms with E-state index in [0.29, 0.717) is 5.92 Å². The van der Waals surface area contributed by atoms with Crippen LogP contribution in [0.1, 0.15) is 51.5 Å². The molecule has 5 atom stereocenters. The van der Waals surface area contributed by atoms with Crippen LogP contribution in [-0.2, 0) is 24.5 Å². The molecular formula is C28H29BrO4. The average Bonchev–Trinajstić information content (AvgIpc) is 2.74. The van der Waals surface area contributed by atoms with Gasteiger partial charge in [0, 0.05) is 23.6 Å². The van der Waals surface area contributed by atoms with Gasteiger partial charge in [0.2, 0.25) is 0 Å². The van der Waals surface area contributed by atoms with Crippen LogP contribution in [0.5, 0.6) is 0 Å². The lowest BCUT2D eigenvalue weighted by Crippen LogP contribution is -2.67. The molecule has 5 fully saturated rings. The molecule has 1 heterocycles.